The van der Waals surface area contributed by atoms with Crippen LogP contribution in [0.3, 0.4) is 0 Å². The molecule has 0 radical (unpaired) electrons. The number of hydrogen-bond acceptors (Lipinski definition) is 8. The highest BCUT2D eigenvalue weighted by atomic mass is 16.7. The topological polar surface area (TPSA) is 149 Å². The van der Waals surface area contributed by atoms with Crippen molar-refractivity contribution in [1.82, 2.24) is 5.32 Å². The van der Waals surface area contributed by atoms with Crippen molar-refractivity contribution >= 4 is 5.91 Å². The van der Waals surface area contributed by atoms with Gasteiger partial charge < -0.3 is 40.3 Å². The number of allylic oxidation sites excluding steroid dienone is 1. The maximum absolute atomic E-state index is 12.8. The first-order valence-electron chi connectivity index (χ1n) is 20.4. The molecule has 1 heterocycles. The molecule has 1 aliphatic rings. The number of carbonyl (C=O) groups is 1. The normalized spacial score (nSPS) is 22.5. The van der Waals surface area contributed by atoms with E-state index < -0.39 is 49.5 Å². The Hall–Kier alpha value is -1.07. The number of unbranched alkanes of at least 4 members (excludes halogenated alkanes) is 23. The summed E-state index contributed by atoms with van der Waals surface area (Å²) in [6, 6.07) is -0.796. The summed E-state index contributed by atoms with van der Waals surface area (Å²) in [5, 5.41) is 53.9. The SMILES string of the molecule is CCCCCCCCCCCCCCCC/C=C/C(O)C(COC1OC(CO)C(O)C(O)C1O)NC(=O)CCCCCCCCCCCC. The van der Waals surface area contributed by atoms with Gasteiger partial charge in [0, 0.05) is 6.42 Å². The highest BCUT2D eigenvalue weighted by Crippen LogP contribution is 2.22. The van der Waals surface area contributed by atoms with Crippen molar-refractivity contribution in [2.45, 2.75) is 224 Å². The minimum absolute atomic E-state index is 0.179. The van der Waals surface area contributed by atoms with Gasteiger partial charge >= 0.3 is 0 Å². The monoisotopic (exact) mass is 700 g/mol. The van der Waals surface area contributed by atoms with Crippen molar-refractivity contribution in [3.63, 3.8) is 0 Å². The Morgan fingerprint density at radius 3 is 1.59 bits per heavy atom. The largest absolute Gasteiger partial charge is 0.394 e. The maximum atomic E-state index is 12.8. The van der Waals surface area contributed by atoms with Crippen LogP contribution in [-0.4, -0.2) is 87.5 Å². The van der Waals surface area contributed by atoms with Crippen LogP contribution in [0.2, 0.25) is 0 Å². The van der Waals surface area contributed by atoms with Crippen molar-refractivity contribution in [3.8, 4) is 0 Å². The first-order valence-corrected chi connectivity index (χ1v) is 20.4. The third-order valence-corrected chi connectivity index (χ3v) is 9.86. The van der Waals surface area contributed by atoms with Gasteiger partial charge in [-0.3, -0.25) is 4.79 Å². The molecular formula is C40H77NO8. The van der Waals surface area contributed by atoms with Crippen molar-refractivity contribution < 1.29 is 39.8 Å². The number of hydrogen-bond donors (Lipinski definition) is 6. The molecule has 0 saturated carbocycles. The van der Waals surface area contributed by atoms with Crippen molar-refractivity contribution in [2.75, 3.05) is 13.2 Å². The van der Waals surface area contributed by atoms with Gasteiger partial charge in [-0.05, 0) is 19.3 Å². The Kier molecular flexibility index (Phi) is 29.7. The Morgan fingerprint density at radius 1 is 0.673 bits per heavy atom. The van der Waals surface area contributed by atoms with Crippen LogP contribution in [-0.2, 0) is 14.3 Å². The van der Waals surface area contributed by atoms with E-state index in [2.05, 4.69) is 19.2 Å². The molecule has 9 nitrogen and oxygen atoms in total. The standard InChI is InChI=1S/C40H77NO8/c1-3-5-7-9-11-13-15-16-17-18-19-20-21-23-25-27-29-34(43)33(32-48-40-39(47)38(46)37(45)35(31-42)49-40)41-36(44)30-28-26-24-22-14-12-10-8-6-4-2/h27,29,33-35,37-40,42-43,45-47H,3-26,28,30-32H2,1-2H3,(H,41,44)/b29-27+. The number of rotatable bonds is 33. The van der Waals surface area contributed by atoms with E-state index in [1.165, 1.54) is 122 Å². The van der Waals surface area contributed by atoms with Gasteiger partial charge in [0.25, 0.3) is 0 Å². The first-order chi connectivity index (χ1) is 23.8. The molecule has 0 aromatic heterocycles. The smallest absolute Gasteiger partial charge is 0.220 e. The van der Waals surface area contributed by atoms with Gasteiger partial charge in [0.2, 0.25) is 5.91 Å². The molecular weight excluding hydrogens is 622 g/mol. The zero-order valence-electron chi connectivity index (χ0n) is 31.5. The lowest BCUT2D eigenvalue weighted by molar-refractivity contribution is -0.302. The molecule has 1 aliphatic heterocycles. The summed E-state index contributed by atoms with van der Waals surface area (Å²) < 4.78 is 11.2. The number of aliphatic hydroxyl groups excluding tert-OH is 5. The number of carbonyl (C=O) groups excluding carboxylic acids is 1. The molecule has 7 atom stereocenters. The second kappa shape index (κ2) is 31.6. The second-order valence-corrected chi connectivity index (χ2v) is 14.4. The predicted molar refractivity (Wildman–Crippen MR) is 198 cm³/mol. The van der Waals surface area contributed by atoms with Crippen LogP contribution >= 0.6 is 0 Å². The molecule has 1 fully saturated rings. The van der Waals surface area contributed by atoms with Gasteiger partial charge in [0.15, 0.2) is 6.29 Å². The molecule has 1 rings (SSSR count). The van der Waals surface area contributed by atoms with Gasteiger partial charge in [-0.15, -0.1) is 0 Å². The molecule has 0 bridgehead atoms. The average molecular weight is 700 g/mol. The lowest BCUT2D eigenvalue weighted by Gasteiger charge is -2.40. The quantitative estimate of drug-likeness (QED) is 0.0307. The zero-order valence-corrected chi connectivity index (χ0v) is 31.5. The van der Waals surface area contributed by atoms with Gasteiger partial charge in [0.05, 0.1) is 25.4 Å². The van der Waals surface area contributed by atoms with E-state index in [-0.39, 0.29) is 12.5 Å². The molecule has 0 spiro atoms. The van der Waals surface area contributed by atoms with Crippen molar-refractivity contribution in [1.29, 1.82) is 0 Å². The fraction of sp³-hybridized carbons (Fsp3) is 0.925. The van der Waals surface area contributed by atoms with E-state index in [4.69, 9.17) is 9.47 Å². The zero-order chi connectivity index (χ0) is 36.0. The molecule has 49 heavy (non-hydrogen) atoms. The van der Waals surface area contributed by atoms with Crippen molar-refractivity contribution in [3.05, 3.63) is 12.2 Å². The lowest BCUT2D eigenvalue weighted by Crippen LogP contribution is -2.60. The van der Waals surface area contributed by atoms with Gasteiger partial charge in [-0.1, -0.05) is 167 Å². The second-order valence-electron chi connectivity index (χ2n) is 14.4. The summed E-state index contributed by atoms with van der Waals surface area (Å²) in [6.07, 6.45) is 26.8. The Balaban J connectivity index is 2.41. The van der Waals surface area contributed by atoms with Crippen LogP contribution in [0.1, 0.15) is 181 Å². The Labute approximate surface area is 299 Å². The minimum Gasteiger partial charge on any atom is -0.394 e. The third-order valence-electron chi connectivity index (χ3n) is 9.86. The summed E-state index contributed by atoms with van der Waals surface area (Å²) in [5.41, 5.74) is 0. The van der Waals surface area contributed by atoms with Crippen LogP contribution in [0.5, 0.6) is 0 Å². The van der Waals surface area contributed by atoms with Gasteiger partial charge in [-0.25, -0.2) is 0 Å². The van der Waals surface area contributed by atoms with E-state index in [1.807, 2.05) is 6.08 Å². The summed E-state index contributed by atoms with van der Waals surface area (Å²) >= 11 is 0. The number of amides is 1. The Bertz CT molecular complexity index is 781. The fourth-order valence-corrected chi connectivity index (χ4v) is 6.51. The van der Waals surface area contributed by atoms with Crippen LogP contribution in [0.4, 0.5) is 0 Å². The summed E-state index contributed by atoms with van der Waals surface area (Å²) in [6.45, 7) is 3.74. The van der Waals surface area contributed by atoms with E-state index in [9.17, 15) is 30.3 Å². The molecule has 0 aromatic carbocycles. The average Bonchev–Trinajstić information content (AvgIpc) is 3.10. The highest BCUT2D eigenvalue weighted by molar-refractivity contribution is 5.76. The third kappa shape index (κ3) is 23.2. The van der Waals surface area contributed by atoms with E-state index in [1.54, 1.807) is 6.08 Å². The molecule has 6 N–H and O–H groups in total. The van der Waals surface area contributed by atoms with Crippen molar-refractivity contribution in [2.24, 2.45) is 0 Å². The lowest BCUT2D eigenvalue weighted by atomic mass is 9.99. The molecule has 1 saturated heterocycles. The minimum atomic E-state index is -1.56. The number of aliphatic hydroxyl groups is 5. The van der Waals surface area contributed by atoms with E-state index in [0.29, 0.717) is 6.42 Å². The summed E-state index contributed by atoms with van der Waals surface area (Å²) in [4.78, 5) is 12.8. The first kappa shape index (κ1) is 46.0. The Morgan fingerprint density at radius 2 is 1.12 bits per heavy atom. The molecule has 9 heteroatoms. The predicted octanol–water partition coefficient (Wildman–Crippen LogP) is 7.39. The molecule has 7 unspecified atom stereocenters. The van der Waals surface area contributed by atoms with Crippen LogP contribution in [0, 0.1) is 0 Å². The van der Waals surface area contributed by atoms with E-state index in [0.717, 1.165) is 38.5 Å². The molecule has 0 aliphatic carbocycles. The van der Waals surface area contributed by atoms with Gasteiger partial charge in [0.1, 0.15) is 24.4 Å². The van der Waals surface area contributed by atoms with Crippen LogP contribution < -0.4 is 5.32 Å². The fourth-order valence-electron chi connectivity index (χ4n) is 6.51. The number of ether oxygens (including phenoxy) is 2. The summed E-state index contributed by atoms with van der Waals surface area (Å²) in [7, 11) is 0. The molecule has 1 amide bonds. The molecule has 0 aromatic rings. The summed E-state index contributed by atoms with van der Waals surface area (Å²) in [5.74, 6) is -0.179. The number of nitrogens with one attached hydrogen (secondary N) is 1. The van der Waals surface area contributed by atoms with Gasteiger partial charge in [-0.2, -0.15) is 0 Å². The molecule has 290 valence electrons. The van der Waals surface area contributed by atoms with Crippen LogP contribution in [0.25, 0.3) is 0 Å². The van der Waals surface area contributed by atoms with Crippen LogP contribution in [0.15, 0.2) is 12.2 Å². The highest BCUT2D eigenvalue weighted by Gasteiger charge is 2.44. The van der Waals surface area contributed by atoms with E-state index >= 15 is 0 Å². The maximum Gasteiger partial charge on any atom is 0.220 e.